The van der Waals surface area contributed by atoms with Crippen molar-refractivity contribution in [3.63, 3.8) is 0 Å². The SMILES string of the molecule is COc1ccc2c(C[NH+]3CCC(O)CC3)cc(=O)oc2c1. The summed E-state index contributed by atoms with van der Waals surface area (Å²) < 4.78 is 10.4. The Kier molecular flexibility index (Phi) is 3.94. The van der Waals surface area contributed by atoms with Gasteiger partial charge >= 0.3 is 5.63 Å². The molecule has 112 valence electrons. The Morgan fingerprint density at radius 3 is 2.81 bits per heavy atom. The largest absolute Gasteiger partial charge is 0.497 e. The molecule has 0 bridgehead atoms. The maximum atomic E-state index is 11.7. The lowest BCUT2D eigenvalue weighted by atomic mass is 10.1. The van der Waals surface area contributed by atoms with Gasteiger partial charge in [-0.2, -0.15) is 0 Å². The van der Waals surface area contributed by atoms with Crippen molar-refractivity contribution in [1.29, 1.82) is 0 Å². The summed E-state index contributed by atoms with van der Waals surface area (Å²) >= 11 is 0. The van der Waals surface area contributed by atoms with Crippen molar-refractivity contribution in [2.24, 2.45) is 0 Å². The number of methoxy groups -OCH3 is 1. The Balaban J connectivity index is 1.92. The summed E-state index contributed by atoms with van der Waals surface area (Å²) in [6.45, 7) is 2.64. The van der Waals surface area contributed by atoms with E-state index in [2.05, 4.69) is 0 Å². The van der Waals surface area contributed by atoms with E-state index >= 15 is 0 Å². The lowest BCUT2D eigenvalue weighted by Crippen LogP contribution is -3.12. The highest BCUT2D eigenvalue weighted by molar-refractivity contribution is 5.81. The van der Waals surface area contributed by atoms with Gasteiger partial charge in [-0.25, -0.2) is 4.79 Å². The van der Waals surface area contributed by atoms with Crippen molar-refractivity contribution < 1.29 is 19.2 Å². The molecule has 21 heavy (non-hydrogen) atoms. The predicted molar refractivity (Wildman–Crippen MR) is 78.7 cm³/mol. The van der Waals surface area contributed by atoms with E-state index in [1.54, 1.807) is 19.2 Å². The molecule has 0 amide bonds. The van der Waals surface area contributed by atoms with Gasteiger partial charge in [0.1, 0.15) is 17.9 Å². The molecule has 1 fully saturated rings. The van der Waals surface area contributed by atoms with Crippen LogP contribution < -0.4 is 15.3 Å². The van der Waals surface area contributed by atoms with Gasteiger partial charge in [-0.05, 0) is 12.1 Å². The van der Waals surface area contributed by atoms with E-state index in [0.29, 0.717) is 11.3 Å². The van der Waals surface area contributed by atoms with Crippen LogP contribution in [-0.2, 0) is 6.54 Å². The molecule has 2 heterocycles. The van der Waals surface area contributed by atoms with Crippen LogP contribution in [-0.4, -0.2) is 31.4 Å². The van der Waals surface area contributed by atoms with Crippen LogP contribution >= 0.6 is 0 Å². The number of piperidine rings is 1. The Bertz CT molecular complexity index is 686. The first-order chi connectivity index (χ1) is 10.2. The number of rotatable bonds is 3. The van der Waals surface area contributed by atoms with Gasteiger partial charge in [-0.1, -0.05) is 0 Å². The fraction of sp³-hybridized carbons (Fsp3) is 0.438. The molecule has 1 aliphatic rings. The van der Waals surface area contributed by atoms with Crippen LogP contribution in [0.5, 0.6) is 5.75 Å². The molecule has 2 aromatic rings. The minimum absolute atomic E-state index is 0.171. The van der Waals surface area contributed by atoms with Gasteiger partial charge in [0.05, 0.1) is 26.3 Å². The van der Waals surface area contributed by atoms with Crippen LogP contribution in [0, 0.1) is 0 Å². The quantitative estimate of drug-likeness (QED) is 0.800. The van der Waals surface area contributed by atoms with E-state index in [4.69, 9.17) is 9.15 Å². The van der Waals surface area contributed by atoms with Crippen LogP contribution in [0.2, 0.25) is 0 Å². The molecule has 1 aromatic heterocycles. The predicted octanol–water partition coefficient (Wildman–Crippen LogP) is 0.341. The number of quaternary nitrogens is 1. The van der Waals surface area contributed by atoms with Gasteiger partial charge in [0, 0.05) is 35.9 Å². The van der Waals surface area contributed by atoms with Crippen LogP contribution in [0.15, 0.2) is 33.5 Å². The number of likely N-dealkylation sites (tertiary alicyclic amines) is 1. The molecule has 0 radical (unpaired) electrons. The first kappa shape index (κ1) is 14.1. The molecule has 1 aromatic carbocycles. The Morgan fingerprint density at radius 2 is 2.10 bits per heavy atom. The molecule has 0 spiro atoms. The Morgan fingerprint density at radius 1 is 1.33 bits per heavy atom. The van der Waals surface area contributed by atoms with Crippen molar-refractivity contribution in [2.45, 2.75) is 25.5 Å². The third-order valence-corrected chi connectivity index (χ3v) is 4.14. The van der Waals surface area contributed by atoms with Gasteiger partial charge in [0.15, 0.2) is 0 Å². The first-order valence-electron chi connectivity index (χ1n) is 7.28. The second-order valence-electron chi connectivity index (χ2n) is 5.61. The van der Waals surface area contributed by atoms with Crippen molar-refractivity contribution >= 4 is 11.0 Å². The highest BCUT2D eigenvalue weighted by Gasteiger charge is 2.21. The molecule has 1 aliphatic heterocycles. The number of hydrogen-bond donors (Lipinski definition) is 2. The average molecular weight is 290 g/mol. The molecular weight excluding hydrogens is 270 g/mol. The van der Waals surface area contributed by atoms with Crippen LogP contribution in [0.3, 0.4) is 0 Å². The molecule has 5 heteroatoms. The van der Waals surface area contributed by atoms with Gasteiger partial charge in [-0.3, -0.25) is 0 Å². The van der Waals surface area contributed by atoms with E-state index in [0.717, 1.165) is 43.4 Å². The molecule has 0 unspecified atom stereocenters. The van der Waals surface area contributed by atoms with Gasteiger partial charge < -0.3 is 19.2 Å². The minimum Gasteiger partial charge on any atom is -0.497 e. The molecule has 3 rings (SSSR count). The summed E-state index contributed by atoms with van der Waals surface area (Å²) in [5.41, 5.74) is 1.23. The summed E-state index contributed by atoms with van der Waals surface area (Å²) in [5, 5.41) is 10.5. The molecule has 0 atom stereocenters. The summed E-state index contributed by atoms with van der Waals surface area (Å²) in [5.74, 6) is 0.677. The maximum absolute atomic E-state index is 11.7. The molecule has 1 saturated heterocycles. The van der Waals surface area contributed by atoms with Crippen molar-refractivity contribution in [1.82, 2.24) is 0 Å². The van der Waals surface area contributed by atoms with Gasteiger partial charge in [-0.15, -0.1) is 0 Å². The second kappa shape index (κ2) is 5.87. The minimum atomic E-state index is -0.331. The van der Waals surface area contributed by atoms with E-state index < -0.39 is 0 Å². The van der Waals surface area contributed by atoms with Crippen LogP contribution in [0.4, 0.5) is 0 Å². The average Bonchev–Trinajstić information content (AvgIpc) is 2.48. The second-order valence-corrected chi connectivity index (χ2v) is 5.61. The van der Waals surface area contributed by atoms with Crippen molar-refractivity contribution in [3.05, 3.63) is 40.2 Å². The lowest BCUT2D eigenvalue weighted by Gasteiger charge is -2.26. The molecule has 0 saturated carbocycles. The van der Waals surface area contributed by atoms with E-state index in [9.17, 15) is 9.90 Å². The number of benzene rings is 1. The standard InChI is InChI=1S/C16H19NO4/c1-20-13-2-3-14-11(8-16(19)21-15(14)9-13)10-17-6-4-12(18)5-7-17/h2-3,8-9,12,18H,4-7,10H2,1H3/p+1. The first-order valence-corrected chi connectivity index (χ1v) is 7.28. The zero-order valence-electron chi connectivity index (χ0n) is 12.1. The zero-order chi connectivity index (χ0) is 14.8. The number of ether oxygens (including phenoxy) is 1. The normalized spacial score (nSPS) is 22.4. The molecule has 0 aliphatic carbocycles. The van der Waals surface area contributed by atoms with Gasteiger partial charge in [0.2, 0.25) is 0 Å². The fourth-order valence-corrected chi connectivity index (χ4v) is 2.94. The topological polar surface area (TPSA) is 64.1 Å². The summed E-state index contributed by atoms with van der Waals surface area (Å²) in [6, 6.07) is 7.13. The molecule has 2 N–H and O–H groups in total. The number of aliphatic hydroxyl groups is 1. The summed E-state index contributed by atoms with van der Waals surface area (Å²) in [6.07, 6.45) is 1.47. The Labute approximate surface area is 122 Å². The highest BCUT2D eigenvalue weighted by Crippen LogP contribution is 2.22. The van der Waals surface area contributed by atoms with Crippen molar-refractivity contribution in [3.8, 4) is 5.75 Å². The maximum Gasteiger partial charge on any atom is 0.336 e. The lowest BCUT2D eigenvalue weighted by molar-refractivity contribution is -0.919. The van der Waals surface area contributed by atoms with E-state index in [1.807, 2.05) is 12.1 Å². The molecule has 5 nitrogen and oxygen atoms in total. The Hall–Kier alpha value is -1.85. The van der Waals surface area contributed by atoms with Gasteiger partial charge in [0.25, 0.3) is 0 Å². The third-order valence-electron chi connectivity index (χ3n) is 4.14. The number of fused-ring (bicyclic) bond motifs is 1. The number of hydrogen-bond acceptors (Lipinski definition) is 4. The van der Waals surface area contributed by atoms with Crippen LogP contribution in [0.25, 0.3) is 11.0 Å². The number of aliphatic hydroxyl groups excluding tert-OH is 1. The van der Waals surface area contributed by atoms with Crippen LogP contribution in [0.1, 0.15) is 18.4 Å². The van der Waals surface area contributed by atoms with E-state index in [1.165, 1.54) is 4.90 Å². The smallest absolute Gasteiger partial charge is 0.336 e. The summed E-state index contributed by atoms with van der Waals surface area (Å²) in [4.78, 5) is 13.1. The summed E-state index contributed by atoms with van der Waals surface area (Å²) in [7, 11) is 1.59. The highest BCUT2D eigenvalue weighted by atomic mass is 16.5. The fourth-order valence-electron chi connectivity index (χ4n) is 2.94. The monoisotopic (exact) mass is 290 g/mol. The van der Waals surface area contributed by atoms with Crippen molar-refractivity contribution in [2.75, 3.05) is 20.2 Å². The van der Waals surface area contributed by atoms with E-state index in [-0.39, 0.29) is 11.7 Å². The number of nitrogens with one attached hydrogen (secondary N) is 1. The molecular formula is C16H20NO4+. The third kappa shape index (κ3) is 3.09. The zero-order valence-corrected chi connectivity index (χ0v) is 12.1.